The number of rotatable bonds is 10. The molecule has 0 unspecified atom stereocenters. The molecule has 0 atom stereocenters. The molecule has 1 radical (unpaired) electrons. The summed E-state index contributed by atoms with van der Waals surface area (Å²) >= 11 is 0. The van der Waals surface area contributed by atoms with Gasteiger partial charge in [-0.05, 0) is 49.2 Å². The normalized spacial score (nSPS) is 10.6. The van der Waals surface area contributed by atoms with Gasteiger partial charge in [0.05, 0.1) is 22.1 Å². The fourth-order valence-corrected chi connectivity index (χ4v) is 4.09. The second-order valence-corrected chi connectivity index (χ2v) is 8.19. The second-order valence-electron chi connectivity index (χ2n) is 8.19. The van der Waals surface area contributed by atoms with Crippen LogP contribution in [0.25, 0.3) is 45.1 Å². The molecule has 2 aromatic carbocycles. The number of imidazole rings is 2. The molecule has 37 heavy (non-hydrogen) atoms. The van der Waals surface area contributed by atoms with E-state index in [1.807, 2.05) is 54.6 Å². The SMILES string of the molecule is CCCOCn1c(-c2cccc(-c3nc4ccccc4n3COCCC)n2)nc2ccccc21.[Cl-].[Cl-].[Co+2]. The van der Waals surface area contributed by atoms with Crippen LogP contribution in [0.3, 0.4) is 0 Å². The zero-order valence-electron chi connectivity index (χ0n) is 20.7. The van der Waals surface area contributed by atoms with Crippen LogP contribution in [0.15, 0.2) is 66.7 Å². The Morgan fingerprint density at radius 1 is 0.595 bits per heavy atom. The molecule has 7 nitrogen and oxygen atoms in total. The number of ether oxygens (including phenoxy) is 2. The average molecular weight is 585 g/mol. The second kappa shape index (κ2) is 14.5. The molecule has 3 aromatic heterocycles. The summed E-state index contributed by atoms with van der Waals surface area (Å²) in [5.74, 6) is 1.56. The van der Waals surface area contributed by atoms with E-state index in [-0.39, 0.29) is 41.6 Å². The van der Waals surface area contributed by atoms with Crippen LogP contribution >= 0.6 is 0 Å². The molecule has 5 rings (SSSR count). The first-order chi connectivity index (χ1) is 16.8. The number of pyridine rings is 1. The fraction of sp³-hybridized carbons (Fsp3) is 0.296. The topological polar surface area (TPSA) is 67.0 Å². The molecule has 0 aliphatic rings. The van der Waals surface area contributed by atoms with Crippen molar-refractivity contribution in [1.29, 1.82) is 0 Å². The Bertz CT molecular complexity index is 1320. The van der Waals surface area contributed by atoms with Gasteiger partial charge in [-0.3, -0.25) is 9.13 Å². The van der Waals surface area contributed by atoms with Crippen molar-refractivity contribution in [2.24, 2.45) is 0 Å². The van der Waals surface area contributed by atoms with Gasteiger partial charge in [-0.15, -0.1) is 0 Å². The number of hydrogen-bond acceptors (Lipinski definition) is 5. The van der Waals surface area contributed by atoms with Gasteiger partial charge in [0.25, 0.3) is 0 Å². The molecule has 0 aliphatic heterocycles. The van der Waals surface area contributed by atoms with Gasteiger partial charge in [0.15, 0.2) is 11.6 Å². The quantitative estimate of drug-likeness (QED) is 0.214. The van der Waals surface area contributed by atoms with Crippen molar-refractivity contribution in [3.8, 4) is 23.0 Å². The van der Waals surface area contributed by atoms with Crippen molar-refractivity contribution in [3.05, 3.63) is 66.7 Å². The van der Waals surface area contributed by atoms with Gasteiger partial charge in [-0.2, -0.15) is 0 Å². The summed E-state index contributed by atoms with van der Waals surface area (Å²) in [4.78, 5) is 14.8. The van der Waals surface area contributed by atoms with Crippen molar-refractivity contribution in [2.75, 3.05) is 13.2 Å². The molecule has 0 spiro atoms. The van der Waals surface area contributed by atoms with E-state index >= 15 is 0 Å². The Morgan fingerprint density at radius 2 is 1.03 bits per heavy atom. The minimum atomic E-state index is 0. The van der Waals surface area contributed by atoms with Gasteiger partial charge in [-0.1, -0.05) is 44.2 Å². The third-order valence-electron chi connectivity index (χ3n) is 5.65. The van der Waals surface area contributed by atoms with E-state index in [1.165, 1.54) is 0 Å². The molecular formula is C27H29Cl2CoN5O2. The van der Waals surface area contributed by atoms with E-state index in [0.717, 1.165) is 57.9 Å². The predicted molar refractivity (Wildman–Crippen MR) is 134 cm³/mol. The monoisotopic (exact) mass is 584 g/mol. The molecule has 5 aromatic rings. The number of benzene rings is 2. The summed E-state index contributed by atoms with van der Waals surface area (Å²) in [6.45, 7) is 6.46. The van der Waals surface area contributed by atoms with Crippen LogP contribution in [0.2, 0.25) is 0 Å². The molecule has 3 heterocycles. The summed E-state index contributed by atoms with van der Waals surface area (Å²) in [5.41, 5.74) is 5.46. The molecule has 197 valence electrons. The first-order valence-electron chi connectivity index (χ1n) is 11.8. The van der Waals surface area contributed by atoms with Crippen LogP contribution in [0, 0.1) is 0 Å². The standard InChI is InChI=1S/C27H29N5O2.2ClH.Co/c1-3-16-33-18-31-24-14-7-5-10-20(24)29-26(31)22-12-9-13-23(28-22)27-30-21-11-6-8-15-25(21)32(27)19-34-17-4-2;;;/h5-15H,3-4,16-19H2,1-2H3;2*1H;/q;;;+2/p-2. The molecule has 10 heteroatoms. The summed E-state index contributed by atoms with van der Waals surface area (Å²) in [5, 5.41) is 0. The van der Waals surface area contributed by atoms with Gasteiger partial charge in [0, 0.05) is 13.2 Å². The van der Waals surface area contributed by atoms with Crippen molar-refractivity contribution in [3.63, 3.8) is 0 Å². The van der Waals surface area contributed by atoms with Crippen LogP contribution < -0.4 is 24.8 Å². The average Bonchev–Trinajstić information content (AvgIpc) is 3.43. The van der Waals surface area contributed by atoms with Crippen LogP contribution in [-0.2, 0) is 39.7 Å². The van der Waals surface area contributed by atoms with E-state index in [0.29, 0.717) is 26.7 Å². The maximum atomic E-state index is 5.89. The van der Waals surface area contributed by atoms with Crippen molar-refractivity contribution in [1.82, 2.24) is 24.1 Å². The minimum Gasteiger partial charge on any atom is -1.00 e. The largest absolute Gasteiger partial charge is 2.00 e. The van der Waals surface area contributed by atoms with Crippen LogP contribution in [-0.4, -0.2) is 37.3 Å². The number of halogens is 2. The Hall–Kier alpha value is -2.46. The molecule has 0 bridgehead atoms. The van der Waals surface area contributed by atoms with Gasteiger partial charge in [0.1, 0.15) is 24.8 Å². The third-order valence-corrected chi connectivity index (χ3v) is 5.65. The summed E-state index contributed by atoms with van der Waals surface area (Å²) < 4.78 is 16.0. The zero-order valence-corrected chi connectivity index (χ0v) is 23.3. The van der Waals surface area contributed by atoms with Crippen molar-refractivity contribution in [2.45, 2.75) is 40.2 Å². The fourth-order valence-electron chi connectivity index (χ4n) is 4.09. The maximum absolute atomic E-state index is 5.89. The van der Waals surface area contributed by atoms with Crippen LogP contribution in [0.1, 0.15) is 26.7 Å². The third kappa shape index (κ3) is 6.52. The summed E-state index contributed by atoms with van der Waals surface area (Å²) in [6.07, 6.45) is 1.93. The van der Waals surface area contributed by atoms with Gasteiger partial charge in [-0.25, -0.2) is 15.0 Å². The Morgan fingerprint density at radius 3 is 1.46 bits per heavy atom. The van der Waals surface area contributed by atoms with Crippen LogP contribution in [0.5, 0.6) is 0 Å². The smallest absolute Gasteiger partial charge is 1.00 e. The predicted octanol–water partition coefficient (Wildman–Crippen LogP) is -0.111. The summed E-state index contributed by atoms with van der Waals surface area (Å²) in [6, 6.07) is 22.2. The number of hydrogen-bond donors (Lipinski definition) is 0. The molecular weight excluding hydrogens is 556 g/mol. The van der Waals surface area contributed by atoms with E-state index in [2.05, 4.69) is 35.1 Å². The van der Waals surface area contributed by atoms with E-state index in [4.69, 9.17) is 24.4 Å². The van der Waals surface area contributed by atoms with E-state index in [9.17, 15) is 0 Å². The van der Waals surface area contributed by atoms with Gasteiger partial charge < -0.3 is 34.3 Å². The Kier molecular flexibility index (Phi) is 12.0. The maximum Gasteiger partial charge on any atom is 2.00 e. The number of nitrogens with zero attached hydrogens (tertiary/aromatic N) is 5. The van der Waals surface area contributed by atoms with E-state index in [1.54, 1.807) is 0 Å². The van der Waals surface area contributed by atoms with Crippen molar-refractivity contribution >= 4 is 22.1 Å². The first kappa shape index (κ1) is 30.8. The first-order valence-corrected chi connectivity index (χ1v) is 11.8. The molecule has 0 saturated heterocycles. The van der Waals surface area contributed by atoms with Gasteiger partial charge >= 0.3 is 16.8 Å². The number of aromatic nitrogens is 5. The summed E-state index contributed by atoms with van der Waals surface area (Å²) in [7, 11) is 0. The molecule has 0 saturated carbocycles. The van der Waals surface area contributed by atoms with E-state index < -0.39 is 0 Å². The Labute approximate surface area is 239 Å². The Balaban J connectivity index is 0.00000160. The van der Waals surface area contributed by atoms with Crippen molar-refractivity contribution < 1.29 is 51.1 Å². The molecule has 0 aliphatic carbocycles. The molecule has 0 amide bonds. The minimum absolute atomic E-state index is 0. The number of para-hydroxylation sites is 4. The molecule has 0 fully saturated rings. The number of fused-ring (bicyclic) bond motifs is 2. The van der Waals surface area contributed by atoms with Gasteiger partial charge in [0.2, 0.25) is 0 Å². The molecule has 0 N–H and O–H groups in total. The van der Waals surface area contributed by atoms with Crippen LogP contribution in [0.4, 0.5) is 0 Å². The zero-order chi connectivity index (χ0) is 23.3.